The molecule has 27 heavy (non-hydrogen) atoms. The van der Waals surface area contributed by atoms with Crippen LogP contribution in [0.15, 0.2) is 29.2 Å². The average Bonchev–Trinajstić information content (AvgIpc) is 2.93. The molecule has 1 aromatic carbocycles. The van der Waals surface area contributed by atoms with Gasteiger partial charge in [-0.25, -0.2) is 13.1 Å². The average molecular weight is 416 g/mol. The summed E-state index contributed by atoms with van der Waals surface area (Å²) < 4.78 is 27.1. The number of sulfonamides is 1. The fourth-order valence-corrected chi connectivity index (χ4v) is 5.04. The lowest BCUT2D eigenvalue weighted by Gasteiger charge is -2.30. The van der Waals surface area contributed by atoms with E-state index >= 15 is 0 Å². The van der Waals surface area contributed by atoms with E-state index in [2.05, 4.69) is 10.0 Å². The van der Waals surface area contributed by atoms with Gasteiger partial charge in [0.25, 0.3) is 0 Å². The van der Waals surface area contributed by atoms with Gasteiger partial charge in [-0.15, -0.1) is 12.4 Å². The summed E-state index contributed by atoms with van der Waals surface area (Å²) in [5, 5.41) is 3.59. The fraction of sp³-hybridized carbons (Fsp3) is 0.632. The molecule has 8 heteroatoms. The second-order valence-corrected chi connectivity index (χ2v) is 9.47. The predicted octanol–water partition coefficient (Wildman–Crippen LogP) is 2.07. The van der Waals surface area contributed by atoms with Crippen LogP contribution < -0.4 is 10.0 Å². The van der Waals surface area contributed by atoms with Crippen molar-refractivity contribution >= 4 is 28.3 Å². The third kappa shape index (κ3) is 5.91. The quantitative estimate of drug-likeness (QED) is 0.714. The first-order valence-corrected chi connectivity index (χ1v) is 10.9. The highest BCUT2D eigenvalue weighted by Gasteiger charge is 2.34. The maximum Gasteiger partial charge on any atom is 0.240 e. The first-order chi connectivity index (χ1) is 12.3. The van der Waals surface area contributed by atoms with Crippen LogP contribution in [0, 0.1) is 12.8 Å². The lowest BCUT2D eigenvalue weighted by atomic mass is 9.89. The molecule has 3 rings (SSSR count). The fourth-order valence-electron chi connectivity index (χ4n) is 4.02. The van der Waals surface area contributed by atoms with Gasteiger partial charge in [0.05, 0.1) is 4.90 Å². The Morgan fingerprint density at radius 3 is 2.37 bits per heavy atom. The molecule has 2 unspecified atom stereocenters. The summed E-state index contributed by atoms with van der Waals surface area (Å²) in [6.07, 6.45) is 5.18. The standard InChI is InChI=1S/C19H29N3O3S.ClH/c1-14-3-7-18(8-4-14)26(24,25)20-9-10-22(2)19(23)13-15-11-16-5-6-17(12-15)21-16;/h3-4,7-8,15-17,20-21H,5-6,9-13H2,1-2H3;1H. The molecule has 1 aromatic rings. The minimum atomic E-state index is -3.53. The molecule has 2 aliphatic heterocycles. The van der Waals surface area contributed by atoms with Gasteiger partial charge in [-0.1, -0.05) is 17.7 Å². The Kier molecular flexibility index (Phi) is 7.68. The number of rotatable bonds is 7. The minimum Gasteiger partial charge on any atom is -0.344 e. The summed E-state index contributed by atoms with van der Waals surface area (Å²) in [5.74, 6) is 0.554. The Morgan fingerprint density at radius 2 is 1.78 bits per heavy atom. The zero-order valence-electron chi connectivity index (χ0n) is 16.0. The molecule has 2 saturated heterocycles. The number of aryl methyl sites for hydroxylation is 1. The smallest absolute Gasteiger partial charge is 0.240 e. The number of nitrogens with zero attached hydrogens (tertiary/aromatic N) is 1. The molecule has 2 heterocycles. The summed E-state index contributed by atoms with van der Waals surface area (Å²) in [5.41, 5.74) is 1.01. The Labute approximate surface area is 168 Å². The second-order valence-electron chi connectivity index (χ2n) is 7.71. The molecule has 0 saturated carbocycles. The molecule has 152 valence electrons. The molecule has 0 radical (unpaired) electrons. The number of amides is 1. The van der Waals surface area contributed by atoms with Crippen LogP contribution in [-0.4, -0.2) is 51.4 Å². The Hall–Kier alpha value is -1.15. The van der Waals surface area contributed by atoms with Gasteiger partial charge >= 0.3 is 0 Å². The SMILES string of the molecule is Cc1ccc(S(=O)(=O)NCCN(C)C(=O)CC2CC3CCC(C2)N3)cc1.Cl. The first-order valence-electron chi connectivity index (χ1n) is 9.40. The summed E-state index contributed by atoms with van der Waals surface area (Å²) in [4.78, 5) is 14.3. The number of hydrogen-bond acceptors (Lipinski definition) is 4. The van der Waals surface area contributed by atoms with E-state index in [-0.39, 0.29) is 29.8 Å². The van der Waals surface area contributed by atoms with Gasteiger partial charge in [0.1, 0.15) is 0 Å². The number of halogens is 1. The Bertz CT molecular complexity index is 727. The second kappa shape index (κ2) is 9.37. The van der Waals surface area contributed by atoms with Crippen molar-refractivity contribution in [3.8, 4) is 0 Å². The molecule has 2 N–H and O–H groups in total. The topological polar surface area (TPSA) is 78.5 Å². The van der Waals surface area contributed by atoms with Gasteiger partial charge < -0.3 is 10.2 Å². The summed E-state index contributed by atoms with van der Waals surface area (Å²) in [7, 11) is -1.78. The van der Waals surface area contributed by atoms with E-state index < -0.39 is 10.0 Å². The largest absolute Gasteiger partial charge is 0.344 e. The normalized spacial score (nSPS) is 24.3. The zero-order valence-corrected chi connectivity index (χ0v) is 17.6. The Morgan fingerprint density at radius 1 is 1.19 bits per heavy atom. The van der Waals surface area contributed by atoms with E-state index in [1.807, 2.05) is 6.92 Å². The van der Waals surface area contributed by atoms with Crippen molar-refractivity contribution in [2.24, 2.45) is 5.92 Å². The highest BCUT2D eigenvalue weighted by molar-refractivity contribution is 7.89. The van der Waals surface area contributed by atoms with Crippen molar-refractivity contribution in [3.05, 3.63) is 29.8 Å². The summed E-state index contributed by atoms with van der Waals surface area (Å²) in [6.45, 7) is 2.51. The van der Waals surface area contributed by atoms with Crippen LogP contribution in [0.25, 0.3) is 0 Å². The molecule has 0 aromatic heterocycles. The van der Waals surface area contributed by atoms with E-state index in [0.717, 1.165) is 18.4 Å². The van der Waals surface area contributed by atoms with E-state index in [1.54, 1.807) is 36.2 Å². The van der Waals surface area contributed by atoms with Crippen LogP contribution in [0.2, 0.25) is 0 Å². The summed E-state index contributed by atoms with van der Waals surface area (Å²) >= 11 is 0. The number of carbonyl (C=O) groups is 1. The van der Waals surface area contributed by atoms with Crippen molar-refractivity contribution in [3.63, 3.8) is 0 Å². The minimum absolute atomic E-state index is 0. The lowest BCUT2D eigenvalue weighted by Crippen LogP contribution is -2.41. The van der Waals surface area contributed by atoms with Crippen LogP contribution >= 0.6 is 12.4 Å². The van der Waals surface area contributed by atoms with Gasteiger partial charge in [0.15, 0.2) is 0 Å². The van der Waals surface area contributed by atoms with Crippen molar-refractivity contribution in [2.75, 3.05) is 20.1 Å². The maximum atomic E-state index is 12.4. The predicted molar refractivity (Wildman–Crippen MR) is 109 cm³/mol. The molecular formula is C19H30ClN3O3S. The Balaban J connectivity index is 0.00000261. The van der Waals surface area contributed by atoms with E-state index in [0.29, 0.717) is 31.0 Å². The molecule has 6 nitrogen and oxygen atoms in total. The van der Waals surface area contributed by atoms with Crippen molar-refractivity contribution in [1.29, 1.82) is 0 Å². The van der Waals surface area contributed by atoms with Gasteiger partial charge in [-0.2, -0.15) is 0 Å². The third-order valence-corrected chi connectivity index (χ3v) is 7.01. The molecule has 2 aliphatic rings. The van der Waals surface area contributed by atoms with E-state index in [4.69, 9.17) is 0 Å². The van der Waals surface area contributed by atoms with Crippen LogP contribution in [-0.2, 0) is 14.8 Å². The van der Waals surface area contributed by atoms with E-state index in [9.17, 15) is 13.2 Å². The van der Waals surface area contributed by atoms with Crippen molar-refractivity contribution < 1.29 is 13.2 Å². The third-order valence-electron chi connectivity index (χ3n) is 5.53. The molecule has 0 spiro atoms. The molecule has 0 aliphatic carbocycles. The van der Waals surface area contributed by atoms with Crippen LogP contribution in [0.3, 0.4) is 0 Å². The number of hydrogen-bond donors (Lipinski definition) is 2. The monoisotopic (exact) mass is 415 g/mol. The molecule has 2 atom stereocenters. The molecule has 1 amide bonds. The number of carbonyl (C=O) groups excluding carboxylic acids is 1. The van der Waals surface area contributed by atoms with Crippen molar-refractivity contribution in [1.82, 2.24) is 14.9 Å². The molecular weight excluding hydrogens is 386 g/mol. The van der Waals surface area contributed by atoms with Crippen LogP contribution in [0.4, 0.5) is 0 Å². The van der Waals surface area contributed by atoms with Crippen LogP contribution in [0.1, 0.15) is 37.7 Å². The highest BCUT2D eigenvalue weighted by atomic mass is 35.5. The molecule has 2 bridgehead atoms. The van der Waals surface area contributed by atoms with Gasteiger partial charge in [0.2, 0.25) is 15.9 Å². The van der Waals surface area contributed by atoms with E-state index in [1.165, 1.54) is 12.8 Å². The maximum absolute atomic E-state index is 12.4. The van der Waals surface area contributed by atoms with Gasteiger partial charge in [-0.05, 0) is 50.7 Å². The van der Waals surface area contributed by atoms with Crippen molar-refractivity contribution in [2.45, 2.75) is 56.0 Å². The zero-order chi connectivity index (χ0) is 18.7. The number of likely N-dealkylation sites (N-methyl/N-ethyl adjacent to an activating group) is 1. The summed E-state index contributed by atoms with van der Waals surface area (Å²) in [6, 6.07) is 7.90. The van der Waals surface area contributed by atoms with Gasteiger partial charge in [0, 0.05) is 38.6 Å². The molecule has 2 fully saturated rings. The lowest BCUT2D eigenvalue weighted by molar-refractivity contribution is -0.131. The first kappa shape index (κ1) is 22.1. The number of fused-ring (bicyclic) bond motifs is 2. The number of piperidine rings is 1. The number of benzene rings is 1. The van der Waals surface area contributed by atoms with Crippen LogP contribution in [0.5, 0.6) is 0 Å². The number of nitrogens with one attached hydrogen (secondary N) is 2. The highest BCUT2D eigenvalue weighted by Crippen LogP contribution is 2.32. The van der Waals surface area contributed by atoms with Gasteiger partial charge in [-0.3, -0.25) is 4.79 Å².